The number of carbonyl (C=O) groups excluding carboxylic acids is 1. The molecule has 3 heteroatoms. The summed E-state index contributed by atoms with van der Waals surface area (Å²) in [5, 5.41) is 0. The van der Waals surface area contributed by atoms with Crippen LogP contribution in [0.25, 0.3) is 0 Å². The summed E-state index contributed by atoms with van der Waals surface area (Å²) < 4.78 is 0. The first kappa shape index (κ1) is 14.0. The van der Waals surface area contributed by atoms with Crippen LogP contribution in [0, 0.1) is 0 Å². The number of hydrogen-bond acceptors (Lipinski definition) is 1. The Morgan fingerprint density at radius 3 is 2.53 bits per heavy atom. The number of nitrogens with zero attached hydrogens (tertiary/aromatic N) is 1. The van der Waals surface area contributed by atoms with Gasteiger partial charge < -0.3 is 4.90 Å². The zero-order valence-electron chi connectivity index (χ0n) is 10.7. The second-order valence-corrected chi connectivity index (χ2v) is 4.49. The van der Waals surface area contributed by atoms with E-state index < -0.39 is 0 Å². The van der Waals surface area contributed by atoms with Gasteiger partial charge in [0, 0.05) is 24.5 Å². The van der Waals surface area contributed by atoms with Gasteiger partial charge in [0.1, 0.15) is 0 Å². The third-order valence-electron chi connectivity index (χ3n) is 3.14. The van der Waals surface area contributed by atoms with Crippen LogP contribution >= 0.6 is 11.6 Å². The number of halogens is 1. The van der Waals surface area contributed by atoms with Gasteiger partial charge in [-0.3, -0.25) is 4.79 Å². The van der Waals surface area contributed by atoms with Gasteiger partial charge in [-0.15, -0.1) is 11.6 Å². The lowest BCUT2D eigenvalue weighted by atomic mass is 10.1. The fraction of sp³-hybridized carbons (Fsp3) is 0.500. The maximum absolute atomic E-state index is 12.3. The normalized spacial score (nSPS) is 10.6. The number of benzene rings is 1. The molecule has 0 atom stereocenters. The molecule has 17 heavy (non-hydrogen) atoms. The third kappa shape index (κ3) is 3.47. The van der Waals surface area contributed by atoms with Gasteiger partial charge in [-0.05, 0) is 30.5 Å². The highest BCUT2D eigenvalue weighted by Crippen LogP contribution is 2.13. The molecule has 0 fully saturated rings. The van der Waals surface area contributed by atoms with Crippen molar-refractivity contribution in [1.82, 2.24) is 4.90 Å². The van der Waals surface area contributed by atoms with Crippen LogP contribution in [0.15, 0.2) is 24.3 Å². The van der Waals surface area contributed by atoms with Gasteiger partial charge in [0.25, 0.3) is 5.91 Å². The highest BCUT2D eigenvalue weighted by Gasteiger charge is 2.18. The summed E-state index contributed by atoms with van der Waals surface area (Å²) >= 11 is 5.78. The van der Waals surface area contributed by atoms with Crippen LogP contribution in [0.5, 0.6) is 0 Å². The van der Waals surface area contributed by atoms with E-state index in [-0.39, 0.29) is 5.91 Å². The van der Waals surface area contributed by atoms with E-state index >= 15 is 0 Å². The molecule has 0 aliphatic rings. The number of alkyl halides is 1. The van der Waals surface area contributed by atoms with Gasteiger partial charge in [0.2, 0.25) is 0 Å². The third-order valence-corrected chi connectivity index (χ3v) is 3.45. The Hall–Kier alpha value is -1.02. The van der Waals surface area contributed by atoms with E-state index in [4.69, 9.17) is 11.6 Å². The van der Waals surface area contributed by atoms with Crippen LogP contribution in [0.4, 0.5) is 0 Å². The fourth-order valence-electron chi connectivity index (χ4n) is 1.99. The summed E-state index contributed by atoms with van der Waals surface area (Å²) in [5.41, 5.74) is 1.70. The summed E-state index contributed by atoms with van der Waals surface area (Å²) in [7, 11) is 1.87. The van der Waals surface area contributed by atoms with Gasteiger partial charge in [-0.1, -0.05) is 26.0 Å². The molecule has 0 N–H and O–H groups in total. The SMILES string of the molecule is CCC(CC)N(C)C(=O)c1cccc(CCl)c1. The Kier molecular flexibility index (Phi) is 5.49. The summed E-state index contributed by atoms with van der Waals surface area (Å²) in [6.45, 7) is 4.21. The van der Waals surface area contributed by atoms with E-state index in [9.17, 15) is 4.79 Å². The lowest BCUT2D eigenvalue weighted by molar-refractivity contribution is 0.0723. The lowest BCUT2D eigenvalue weighted by Gasteiger charge is -2.26. The second-order valence-electron chi connectivity index (χ2n) is 4.22. The van der Waals surface area contributed by atoms with Gasteiger partial charge >= 0.3 is 0 Å². The van der Waals surface area contributed by atoms with Crippen LogP contribution < -0.4 is 0 Å². The molecule has 0 aromatic heterocycles. The van der Waals surface area contributed by atoms with E-state index in [1.807, 2.05) is 36.2 Å². The van der Waals surface area contributed by atoms with E-state index in [0.717, 1.165) is 24.0 Å². The number of carbonyl (C=O) groups is 1. The van der Waals surface area contributed by atoms with Crippen molar-refractivity contribution in [1.29, 1.82) is 0 Å². The minimum atomic E-state index is 0.0747. The van der Waals surface area contributed by atoms with Crippen molar-refractivity contribution in [2.45, 2.75) is 38.6 Å². The molecule has 94 valence electrons. The molecule has 1 aromatic carbocycles. The fourth-order valence-corrected chi connectivity index (χ4v) is 2.16. The Morgan fingerprint density at radius 1 is 1.35 bits per heavy atom. The Bertz CT molecular complexity index is 374. The molecule has 0 saturated heterocycles. The van der Waals surface area contributed by atoms with Crippen LogP contribution in [0.2, 0.25) is 0 Å². The lowest BCUT2D eigenvalue weighted by Crippen LogP contribution is -2.36. The molecule has 2 nitrogen and oxygen atoms in total. The number of rotatable bonds is 5. The van der Waals surface area contributed by atoms with Gasteiger partial charge in [-0.25, -0.2) is 0 Å². The van der Waals surface area contributed by atoms with Crippen LogP contribution in [-0.4, -0.2) is 23.9 Å². The molecular formula is C14H20ClNO. The van der Waals surface area contributed by atoms with Crippen LogP contribution in [0.3, 0.4) is 0 Å². The highest BCUT2D eigenvalue weighted by molar-refractivity contribution is 6.17. The van der Waals surface area contributed by atoms with Crippen molar-refractivity contribution in [2.75, 3.05) is 7.05 Å². The first-order chi connectivity index (χ1) is 8.13. The summed E-state index contributed by atoms with van der Waals surface area (Å²) in [6.07, 6.45) is 1.96. The monoisotopic (exact) mass is 253 g/mol. The minimum absolute atomic E-state index is 0.0747. The van der Waals surface area contributed by atoms with Crippen molar-refractivity contribution in [2.24, 2.45) is 0 Å². The maximum Gasteiger partial charge on any atom is 0.253 e. The molecule has 0 aliphatic heterocycles. The van der Waals surface area contributed by atoms with E-state index in [2.05, 4.69) is 13.8 Å². The average molecular weight is 254 g/mol. The quantitative estimate of drug-likeness (QED) is 0.733. The molecule has 0 spiro atoms. The summed E-state index contributed by atoms with van der Waals surface area (Å²) in [6, 6.07) is 7.83. The molecule has 0 heterocycles. The second kappa shape index (κ2) is 6.65. The number of amides is 1. The van der Waals surface area contributed by atoms with E-state index in [1.165, 1.54) is 0 Å². The van der Waals surface area contributed by atoms with Crippen molar-refractivity contribution >= 4 is 17.5 Å². The zero-order chi connectivity index (χ0) is 12.8. The maximum atomic E-state index is 12.3. The first-order valence-electron chi connectivity index (χ1n) is 6.06. The predicted octanol–water partition coefficient (Wildman–Crippen LogP) is 3.69. The summed E-state index contributed by atoms with van der Waals surface area (Å²) in [4.78, 5) is 14.1. The molecule has 0 bridgehead atoms. The number of hydrogen-bond donors (Lipinski definition) is 0. The Balaban J connectivity index is 2.87. The minimum Gasteiger partial charge on any atom is -0.339 e. The average Bonchev–Trinajstić information content (AvgIpc) is 2.39. The van der Waals surface area contributed by atoms with Crippen molar-refractivity contribution < 1.29 is 4.79 Å². The van der Waals surface area contributed by atoms with Crippen molar-refractivity contribution in [3.63, 3.8) is 0 Å². The molecular weight excluding hydrogens is 234 g/mol. The highest BCUT2D eigenvalue weighted by atomic mass is 35.5. The van der Waals surface area contributed by atoms with Gasteiger partial charge in [-0.2, -0.15) is 0 Å². The molecule has 0 radical (unpaired) electrons. The summed E-state index contributed by atoms with van der Waals surface area (Å²) in [5.74, 6) is 0.515. The standard InChI is InChI=1S/C14H20ClNO/c1-4-13(5-2)16(3)14(17)12-8-6-7-11(9-12)10-15/h6-9,13H,4-5,10H2,1-3H3. The molecule has 1 amide bonds. The molecule has 1 aromatic rings. The largest absolute Gasteiger partial charge is 0.339 e. The first-order valence-corrected chi connectivity index (χ1v) is 6.59. The van der Waals surface area contributed by atoms with Gasteiger partial charge in [0.05, 0.1) is 0 Å². The Morgan fingerprint density at radius 2 is 2.00 bits per heavy atom. The topological polar surface area (TPSA) is 20.3 Å². The van der Waals surface area contributed by atoms with Crippen LogP contribution in [-0.2, 0) is 5.88 Å². The molecule has 1 rings (SSSR count). The van der Waals surface area contributed by atoms with Crippen molar-refractivity contribution in [3.8, 4) is 0 Å². The Labute approximate surface area is 109 Å². The predicted molar refractivity (Wildman–Crippen MR) is 72.5 cm³/mol. The van der Waals surface area contributed by atoms with Crippen molar-refractivity contribution in [3.05, 3.63) is 35.4 Å². The van der Waals surface area contributed by atoms with E-state index in [1.54, 1.807) is 0 Å². The van der Waals surface area contributed by atoms with Gasteiger partial charge in [0.15, 0.2) is 0 Å². The molecule has 0 unspecified atom stereocenters. The van der Waals surface area contributed by atoms with E-state index in [0.29, 0.717) is 11.9 Å². The molecule has 0 saturated carbocycles. The zero-order valence-corrected chi connectivity index (χ0v) is 11.5. The smallest absolute Gasteiger partial charge is 0.253 e. The van der Waals surface area contributed by atoms with Crippen LogP contribution in [0.1, 0.15) is 42.6 Å². The molecule has 0 aliphatic carbocycles.